The molecule has 0 amide bonds. The third kappa shape index (κ3) is 3.32. The smallest absolute Gasteiger partial charge is 0.127 e. The van der Waals surface area contributed by atoms with Gasteiger partial charge in [-0.05, 0) is 49.1 Å². The van der Waals surface area contributed by atoms with Crippen LogP contribution < -0.4 is 5.73 Å². The first-order valence-electron chi connectivity index (χ1n) is 6.54. The van der Waals surface area contributed by atoms with Gasteiger partial charge in [-0.1, -0.05) is 24.6 Å². The lowest BCUT2D eigenvalue weighted by Gasteiger charge is -2.16. The Labute approximate surface area is 123 Å². The first-order valence-corrected chi connectivity index (χ1v) is 6.91. The van der Waals surface area contributed by atoms with Gasteiger partial charge in [-0.15, -0.1) is 0 Å². The summed E-state index contributed by atoms with van der Waals surface area (Å²) in [7, 11) is 0. The van der Waals surface area contributed by atoms with E-state index in [2.05, 4.69) is 10.2 Å². The van der Waals surface area contributed by atoms with E-state index in [1.165, 1.54) is 6.07 Å². The van der Waals surface area contributed by atoms with Crippen LogP contribution in [0.25, 0.3) is 0 Å². The zero-order valence-corrected chi connectivity index (χ0v) is 12.3. The van der Waals surface area contributed by atoms with Crippen molar-refractivity contribution in [2.75, 3.05) is 0 Å². The number of hydrogen-bond acceptors (Lipinski definition) is 3. The molecule has 2 aromatic rings. The summed E-state index contributed by atoms with van der Waals surface area (Å²) in [4.78, 5) is 0. The summed E-state index contributed by atoms with van der Waals surface area (Å²) in [6, 6.07) is 6.26. The predicted octanol–water partition coefficient (Wildman–Crippen LogP) is 3.38. The zero-order chi connectivity index (χ0) is 14.7. The van der Waals surface area contributed by atoms with Gasteiger partial charge in [-0.2, -0.15) is 10.2 Å². The van der Waals surface area contributed by atoms with E-state index in [1.807, 2.05) is 19.9 Å². The van der Waals surface area contributed by atoms with Gasteiger partial charge in [0.05, 0.1) is 11.4 Å². The summed E-state index contributed by atoms with van der Waals surface area (Å²) >= 11 is 5.75. The van der Waals surface area contributed by atoms with Crippen LogP contribution in [0.3, 0.4) is 0 Å². The Kier molecular flexibility index (Phi) is 4.68. The van der Waals surface area contributed by atoms with Crippen LogP contribution >= 0.6 is 11.6 Å². The molecule has 0 aliphatic heterocycles. The molecule has 0 aliphatic rings. The number of nitrogens with zero attached hydrogens (tertiary/aromatic N) is 2. The quantitative estimate of drug-likeness (QED) is 0.940. The van der Waals surface area contributed by atoms with Gasteiger partial charge < -0.3 is 5.73 Å². The largest absolute Gasteiger partial charge is 0.324 e. The van der Waals surface area contributed by atoms with Crippen molar-refractivity contribution in [2.24, 2.45) is 5.73 Å². The molecule has 0 fully saturated rings. The van der Waals surface area contributed by atoms with Crippen molar-refractivity contribution in [3.8, 4) is 0 Å². The first kappa shape index (κ1) is 14.9. The standard InChI is InChI=1S/C15H17ClFN3/c1-3-15-12(6-9(2)19-20-15)14(18)7-10-4-5-11(16)8-13(10)17/h4-6,8,14H,3,7,18H2,1-2H3. The minimum Gasteiger partial charge on any atom is -0.324 e. The fourth-order valence-corrected chi connectivity index (χ4v) is 2.32. The Morgan fingerprint density at radius 2 is 2.05 bits per heavy atom. The van der Waals surface area contributed by atoms with Gasteiger partial charge in [0.25, 0.3) is 0 Å². The number of hydrogen-bond donors (Lipinski definition) is 1. The molecule has 2 N–H and O–H groups in total. The van der Waals surface area contributed by atoms with Crippen LogP contribution in [0, 0.1) is 12.7 Å². The second-order valence-electron chi connectivity index (χ2n) is 4.79. The molecule has 3 nitrogen and oxygen atoms in total. The number of nitrogens with two attached hydrogens (primary N) is 1. The van der Waals surface area contributed by atoms with Crippen LogP contribution in [0.5, 0.6) is 0 Å². The highest BCUT2D eigenvalue weighted by Crippen LogP contribution is 2.22. The van der Waals surface area contributed by atoms with Crippen molar-refractivity contribution in [3.63, 3.8) is 0 Å². The van der Waals surface area contributed by atoms with E-state index in [9.17, 15) is 4.39 Å². The summed E-state index contributed by atoms with van der Waals surface area (Å²) in [5, 5.41) is 8.57. The molecule has 1 atom stereocenters. The van der Waals surface area contributed by atoms with Crippen LogP contribution in [0.1, 0.15) is 35.5 Å². The Morgan fingerprint density at radius 3 is 2.70 bits per heavy atom. The lowest BCUT2D eigenvalue weighted by atomic mass is 9.97. The van der Waals surface area contributed by atoms with Crippen LogP contribution in [-0.2, 0) is 12.8 Å². The predicted molar refractivity (Wildman–Crippen MR) is 78.2 cm³/mol. The van der Waals surface area contributed by atoms with Crippen molar-refractivity contribution < 1.29 is 4.39 Å². The molecule has 0 saturated heterocycles. The number of halogens is 2. The van der Waals surface area contributed by atoms with Gasteiger partial charge in [0.1, 0.15) is 5.82 Å². The zero-order valence-electron chi connectivity index (χ0n) is 11.5. The Balaban J connectivity index is 2.27. The number of aromatic nitrogens is 2. The SMILES string of the molecule is CCc1nnc(C)cc1C(N)Cc1ccc(Cl)cc1F. The highest BCUT2D eigenvalue weighted by Gasteiger charge is 2.15. The minimum atomic E-state index is -0.329. The molecule has 0 radical (unpaired) electrons. The molecule has 2 rings (SSSR count). The van der Waals surface area contributed by atoms with Gasteiger partial charge in [0.15, 0.2) is 0 Å². The highest BCUT2D eigenvalue weighted by molar-refractivity contribution is 6.30. The number of aryl methyl sites for hydroxylation is 2. The van der Waals surface area contributed by atoms with E-state index in [0.717, 1.165) is 23.4 Å². The second-order valence-corrected chi connectivity index (χ2v) is 5.22. The van der Waals surface area contributed by atoms with Crippen molar-refractivity contribution in [3.05, 3.63) is 57.6 Å². The van der Waals surface area contributed by atoms with Crippen molar-refractivity contribution in [1.82, 2.24) is 10.2 Å². The maximum atomic E-state index is 13.8. The van der Waals surface area contributed by atoms with E-state index in [1.54, 1.807) is 12.1 Å². The second kappa shape index (κ2) is 6.29. The number of benzene rings is 1. The van der Waals surface area contributed by atoms with E-state index in [0.29, 0.717) is 17.0 Å². The molecule has 0 spiro atoms. The average Bonchev–Trinajstić information content (AvgIpc) is 2.41. The first-order chi connectivity index (χ1) is 9.51. The van der Waals surface area contributed by atoms with Crippen LogP contribution in [0.2, 0.25) is 5.02 Å². The molecule has 1 aromatic heterocycles. The van der Waals surface area contributed by atoms with E-state index in [-0.39, 0.29) is 11.9 Å². The monoisotopic (exact) mass is 293 g/mol. The summed E-state index contributed by atoms with van der Waals surface area (Å²) < 4.78 is 13.8. The molecule has 0 saturated carbocycles. The average molecular weight is 294 g/mol. The molecular formula is C15H17ClFN3. The number of rotatable bonds is 4. The molecule has 0 bridgehead atoms. The van der Waals surface area contributed by atoms with Crippen LogP contribution in [-0.4, -0.2) is 10.2 Å². The van der Waals surface area contributed by atoms with Crippen LogP contribution in [0.15, 0.2) is 24.3 Å². The Bertz CT molecular complexity index is 616. The Hall–Kier alpha value is -1.52. The lowest BCUT2D eigenvalue weighted by molar-refractivity contribution is 0.590. The molecule has 0 aliphatic carbocycles. The third-order valence-corrected chi connectivity index (χ3v) is 3.45. The fraction of sp³-hybridized carbons (Fsp3) is 0.333. The summed E-state index contributed by atoms with van der Waals surface area (Å²) in [5.41, 5.74) is 9.36. The van der Waals surface area contributed by atoms with Gasteiger partial charge >= 0.3 is 0 Å². The molecular weight excluding hydrogens is 277 g/mol. The van der Waals surface area contributed by atoms with Gasteiger partial charge in [-0.3, -0.25) is 0 Å². The summed E-state index contributed by atoms with van der Waals surface area (Å²) in [6.45, 7) is 3.87. The summed E-state index contributed by atoms with van der Waals surface area (Å²) in [5.74, 6) is -0.329. The Morgan fingerprint density at radius 1 is 1.30 bits per heavy atom. The lowest BCUT2D eigenvalue weighted by Crippen LogP contribution is -2.17. The highest BCUT2D eigenvalue weighted by atomic mass is 35.5. The van der Waals surface area contributed by atoms with Gasteiger partial charge in [0, 0.05) is 11.1 Å². The summed E-state index contributed by atoms with van der Waals surface area (Å²) in [6.07, 6.45) is 1.15. The molecule has 106 valence electrons. The van der Waals surface area contributed by atoms with Crippen molar-refractivity contribution >= 4 is 11.6 Å². The third-order valence-electron chi connectivity index (χ3n) is 3.22. The van der Waals surface area contributed by atoms with Gasteiger partial charge in [-0.25, -0.2) is 4.39 Å². The molecule has 1 unspecified atom stereocenters. The molecule has 20 heavy (non-hydrogen) atoms. The fourth-order valence-electron chi connectivity index (χ4n) is 2.16. The molecule has 1 aromatic carbocycles. The molecule has 5 heteroatoms. The van der Waals surface area contributed by atoms with Gasteiger partial charge in [0.2, 0.25) is 0 Å². The van der Waals surface area contributed by atoms with Crippen molar-refractivity contribution in [1.29, 1.82) is 0 Å². The van der Waals surface area contributed by atoms with E-state index in [4.69, 9.17) is 17.3 Å². The van der Waals surface area contributed by atoms with Crippen LogP contribution in [0.4, 0.5) is 4.39 Å². The maximum Gasteiger partial charge on any atom is 0.127 e. The van der Waals surface area contributed by atoms with E-state index < -0.39 is 0 Å². The van der Waals surface area contributed by atoms with E-state index >= 15 is 0 Å². The normalized spacial score (nSPS) is 12.4. The minimum absolute atomic E-state index is 0.310. The molecule has 1 heterocycles. The van der Waals surface area contributed by atoms with Crippen molar-refractivity contribution in [2.45, 2.75) is 32.7 Å². The topological polar surface area (TPSA) is 51.8 Å². The maximum absolute atomic E-state index is 13.8.